The zero-order chi connectivity index (χ0) is 14.8. The molecule has 20 heavy (non-hydrogen) atoms. The number of phenols is 1. The number of hydrogen-bond acceptors (Lipinski definition) is 3. The number of halogens is 1. The Morgan fingerprint density at radius 3 is 2.95 bits per heavy atom. The number of aromatic hydroxyl groups is 1. The van der Waals surface area contributed by atoms with Gasteiger partial charge < -0.3 is 15.5 Å². The molecule has 1 aromatic rings. The minimum absolute atomic E-state index is 0.101. The van der Waals surface area contributed by atoms with Crippen LogP contribution in [-0.2, 0) is 0 Å². The van der Waals surface area contributed by atoms with Crippen LogP contribution in [0.25, 0.3) is 0 Å². The first-order valence-corrected chi connectivity index (χ1v) is 6.88. The van der Waals surface area contributed by atoms with Crippen LogP contribution in [0, 0.1) is 11.7 Å². The molecule has 0 bridgehead atoms. The molecule has 1 fully saturated rings. The van der Waals surface area contributed by atoms with Gasteiger partial charge in [0.05, 0.1) is 17.7 Å². The van der Waals surface area contributed by atoms with Gasteiger partial charge >= 0.3 is 0 Å². The van der Waals surface area contributed by atoms with E-state index in [2.05, 4.69) is 12.2 Å². The van der Waals surface area contributed by atoms with Crippen molar-refractivity contribution in [1.82, 2.24) is 5.32 Å². The number of benzene rings is 1. The van der Waals surface area contributed by atoms with E-state index in [1.807, 2.05) is 0 Å². The Labute approximate surface area is 117 Å². The second-order valence-corrected chi connectivity index (χ2v) is 5.76. The number of aliphatic hydroxyl groups is 1. The normalized spacial score (nSPS) is 26.2. The molecule has 3 N–H and O–H groups in total. The van der Waals surface area contributed by atoms with Crippen LogP contribution < -0.4 is 5.32 Å². The van der Waals surface area contributed by atoms with Gasteiger partial charge in [0.15, 0.2) is 0 Å². The van der Waals surface area contributed by atoms with Crippen molar-refractivity contribution in [2.45, 2.75) is 38.1 Å². The molecular weight excluding hydrogens is 261 g/mol. The molecule has 1 aliphatic rings. The highest BCUT2D eigenvalue weighted by molar-refractivity contribution is 5.97. The van der Waals surface area contributed by atoms with Gasteiger partial charge in [0.2, 0.25) is 0 Å². The van der Waals surface area contributed by atoms with E-state index in [1.165, 1.54) is 0 Å². The highest BCUT2D eigenvalue weighted by atomic mass is 19.1. The molecule has 0 aromatic heterocycles. The summed E-state index contributed by atoms with van der Waals surface area (Å²) in [5.74, 6) is -0.980. The molecule has 1 aromatic carbocycles. The molecule has 0 spiro atoms. The fourth-order valence-electron chi connectivity index (χ4n) is 2.96. The minimum Gasteiger partial charge on any atom is -0.507 e. The van der Waals surface area contributed by atoms with Crippen molar-refractivity contribution in [3.8, 4) is 5.75 Å². The quantitative estimate of drug-likeness (QED) is 0.795. The van der Waals surface area contributed by atoms with Crippen LogP contribution in [0.2, 0.25) is 0 Å². The Bertz CT molecular complexity index is 506. The molecule has 2 atom stereocenters. The van der Waals surface area contributed by atoms with Crippen molar-refractivity contribution in [2.75, 3.05) is 6.61 Å². The van der Waals surface area contributed by atoms with Crippen molar-refractivity contribution in [3.05, 3.63) is 29.6 Å². The molecule has 5 heteroatoms. The molecule has 2 rings (SSSR count). The Morgan fingerprint density at radius 2 is 2.30 bits per heavy atom. The van der Waals surface area contributed by atoms with E-state index >= 15 is 0 Å². The van der Waals surface area contributed by atoms with Crippen molar-refractivity contribution in [1.29, 1.82) is 0 Å². The molecule has 110 valence electrons. The number of carbonyl (C=O) groups is 1. The average molecular weight is 281 g/mol. The van der Waals surface area contributed by atoms with E-state index < -0.39 is 17.3 Å². The van der Waals surface area contributed by atoms with Gasteiger partial charge in [-0.15, -0.1) is 0 Å². The average Bonchev–Trinajstić information content (AvgIpc) is 2.41. The summed E-state index contributed by atoms with van der Waals surface area (Å²) in [5, 5.41) is 22.1. The SMILES string of the molecule is CC1CCCC(CO)(NC(=O)c2cc(F)ccc2O)C1. The maximum absolute atomic E-state index is 13.2. The summed E-state index contributed by atoms with van der Waals surface area (Å²) in [7, 11) is 0. The topological polar surface area (TPSA) is 69.6 Å². The van der Waals surface area contributed by atoms with Crippen molar-refractivity contribution < 1.29 is 19.4 Å². The molecule has 1 amide bonds. The van der Waals surface area contributed by atoms with Gasteiger partial charge in [-0.05, 0) is 37.0 Å². The van der Waals surface area contributed by atoms with Crippen molar-refractivity contribution >= 4 is 5.91 Å². The minimum atomic E-state index is -0.673. The predicted octanol–water partition coefficient (Wildman–Crippen LogP) is 2.20. The molecular formula is C15H20FNO3. The molecule has 0 radical (unpaired) electrons. The second kappa shape index (κ2) is 5.79. The van der Waals surface area contributed by atoms with Crippen molar-refractivity contribution in [3.63, 3.8) is 0 Å². The van der Waals surface area contributed by atoms with E-state index in [1.54, 1.807) is 0 Å². The molecule has 0 aliphatic heterocycles. The number of hydrogen-bond donors (Lipinski definition) is 3. The van der Waals surface area contributed by atoms with E-state index in [9.17, 15) is 19.4 Å². The number of rotatable bonds is 3. The lowest BCUT2D eigenvalue weighted by Gasteiger charge is -2.39. The smallest absolute Gasteiger partial charge is 0.255 e. The van der Waals surface area contributed by atoms with E-state index in [4.69, 9.17) is 0 Å². The maximum atomic E-state index is 13.2. The monoisotopic (exact) mass is 281 g/mol. The first-order valence-electron chi connectivity index (χ1n) is 6.88. The number of amides is 1. The fraction of sp³-hybridized carbons (Fsp3) is 0.533. The van der Waals surface area contributed by atoms with Gasteiger partial charge in [0.25, 0.3) is 5.91 Å². The van der Waals surface area contributed by atoms with E-state index in [0.717, 1.165) is 31.0 Å². The highest BCUT2D eigenvalue weighted by Crippen LogP contribution is 2.32. The first-order chi connectivity index (χ1) is 9.46. The lowest BCUT2D eigenvalue weighted by molar-refractivity contribution is 0.0694. The summed E-state index contributed by atoms with van der Waals surface area (Å²) in [6.45, 7) is 1.93. The molecule has 1 saturated carbocycles. The third kappa shape index (κ3) is 3.10. The largest absolute Gasteiger partial charge is 0.507 e. The molecule has 4 nitrogen and oxygen atoms in total. The lowest BCUT2D eigenvalue weighted by Crippen LogP contribution is -2.53. The maximum Gasteiger partial charge on any atom is 0.255 e. The van der Waals surface area contributed by atoms with Crippen LogP contribution in [0.15, 0.2) is 18.2 Å². The summed E-state index contributed by atoms with van der Waals surface area (Å²) < 4.78 is 13.2. The lowest BCUT2D eigenvalue weighted by atomic mass is 9.76. The van der Waals surface area contributed by atoms with Crippen molar-refractivity contribution in [2.24, 2.45) is 5.92 Å². The molecule has 2 unspecified atom stereocenters. The summed E-state index contributed by atoms with van der Waals surface area (Å²) in [6.07, 6.45) is 3.38. The number of aliphatic hydroxyl groups excluding tert-OH is 1. The Balaban J connectivity index is 2.19. The van der Waals surface area contributed by atoms with Crippen LogP contribution in [0.3, 0.4) is 0 Å². The van der Waals surface area contributed by atoms with E-state index in [0.29, 0.717) is 18.8 Å². The van der Waals surface area contributed by atoms with Gasteiger partial charge in [0, 0.05) is 0 Å². The van der Waals surface area contributed by atoms with Crippen LogP contribution in [0.1, 0.15) is 43.0 Å². The number of nitrogens with one attached hydrogen (secondary N) is 1. The standard InChI is InChI=1S/C15H20FNO3/c1-10-3-2-6-15(8-10,9-18)17-14(20)12-7-11(16)4-5-13(12)19/h4-5,7,10,18-19H,2-3,6,8-9H2,1H3,(H,17,20). The van der Waals surface area contributed by atoms with Crippen LogP contribution in [0.5, 0.6) is 5.75 Å². The first kappa shape index (κ1) is 14.8. The Morgan fingerprint density at radius 1 is 1.55 bits per heavy atom. The number of carbonyl (C=O) groups excluding carboxylic acids is 1. The third-order valence-electron chi connectivity index (χ3n) is 3.98. The zero-order valence-corrected chi connectivity index (χ0v) is 11.5. The third-order valence-corrected chi connectivity index (χ3v) is 3.98. The van der Waals surface area contributed by atoms with E-state index in [-0.39, 0.29) is 17.9 Å². The van der Waals surface area contributed by atoms with Crippen LogP contribution in [-0.4, -0.2) is 28.3 Å². The summed E-state index contributed by atoms with van der Waals surface area (Å²) in [4.78, 5) is 12.2. The molecule has 0 heterocycles. The van der Waals surface area contributed by atoms with Gasteiger partial charge in [-0.2, -0.15) is 0 Å². The summed E-state index contributed by atoms with van der Waals surface area (Å²) in [6, 6.07) is 3.25. The molecule has 0 saturated heterocycles. The van der Waals surface area contributed by atoms with Gasteiger partial charge in [-0.25, -0.2) is 4.39 Å². The van der Waals surface area contributed by atoms with Gasteiger partial charge in [-0.3, -0.25) is 4.79 Å². The highest BCUT2D eigenvalue weighted by Gasteiger charge is 2.36. The zero-order valence-electron chi connectivity index (χ0n) is 11.5. The summed E-state index contributed by atoms with van der Waals surface area (Å²) >= 11 is 0. The second-order valence-electron chi connectivity index (χ2n) is 5.76. The van der Waals surface area contributed by atoms with Gasteiger partial charge in [0.1, 0.15) is 11.6 Å². The van der Waals surface area contributed by atoms with Crippen LogP contribution >= 0.6 is 0 Å². The van der Waals surface area contributed by atoms with Crippen LogP contribution in [0.4, 0.5) is 4.39 Å². The number of phenolic OH excluding ortho intramolecular Hbond substituents is 1. The predicted molar refractivity (Wildman–Crippen MR) is 73.0 cm³/mol. The van der Waals surface area contributed by atoms with Gasteiger partial charge in [-0.1, -0.05) is 19.8 Å². The summed E-state index contributed by atoms with van der Waals surface area (Å²) in [5.41, 5.74) is -0.774. The molecule has 1 aliphatic carbocycles. The fourth-order valence-corrected chi connectivity index (χ4v) is 2.96. The Kier molecular flexibility index (Phi) is 4.28. The Hall–Kier alpha value is -1.62.